The minimum absolute atomic E-state index is 0.0365. The summed E-state index contributed by atoms with van der Waals surface area (Å²) in [4.78, 5) is 11.3. The summed E-state index contributed by atoms with van der Waals surface area (Å²) in [5.74, 6) is -1.11. The predicted molar refractivity (Wildman–Crippen MR) is 68.4 cm³/mol. The topological polar surface area (TPSA) is 89.7 Å². The van der Waals surface area contributed by atoms with E-state index in [0.29, 0.717) is 13.1 Å². The molecule has 0 aromatic heterocycles. The first-order chi connectivity index (χ1) is 8.36. The molecule has 2 atom stereocenters. The van der Waals surface area contributed by atoms with Crippen LogP contribution in [-0.4, -0.2) is 50.2 Å². The van der Waals surface area contributed by atoms with Crippen LogP contribution in [0.3, 0.4) is 0 Å². The number of carbonyl (C=O) groups is 1. The van der Waals surface area contributed by atoms with Crippen molar-refractivity contribution in [2.75, 3.05) is 25.4 Å². The minimum Gasteiger partial charge on any atom is -0.465 e. The van der Waals surface area contributed by atoms with Crippen molar-refractivity contribution in [3.05, 3.63) is 0 Å². The molecule has 106 valence electrons. The van der Waals surface area contributed by atoms with Crippen LogP contribution in [0.5, 0.6) is 0 Å². The van der Waals surface area contributed by atoms with E-state index in [1.807, 2.05) is 6.92 Å². The standard InChI is InChI=1S/C11H22N2O4S/c1-3-17-11(14)8-18(15,16)13-6-4-5-10(7-13)9(2)12/h9-10H,3-8,12H2,1-2H3. The quantitative estimate of drug-likeness (QED) is 0.711. The second kappa shape index (κ2) is 6.49. The highest BCUT2D eigenvalue weighted by molar-refractivity contribution is 7.89. The summed E-state index contributed by atoms with van der Waals surface area (Å²) in [7, 11) is -3.57. The lowest BCUT2D eigenvalue weighted by Crippen LogP contribution is -2.46. The summed E-state index contributed by atoms with van der Waals surface area (Å²) in [5.41, 5.74) is 5.81. The van der Waals surface area contributed by atoms with Crippen LogP contribution in [0.15, 0.2) is 0 Å². The van der Waals surface area contributed by atoms with Crippen molar-refractivity contribution in [3.63, 3.8) is 0 Å². The molecule has 2 N–H and O–H groups in total. The number of nitrogens with zero attached hydrogens (tertiary/aromatic N) is 1. The second-order valence-corrected chi connectivity index (χ2v) is 6.65. The number of piperidine rings is 1. The second-order valence-electron chi connectivity index (χ2n) is 4.68. The molecule has 1 fully saturated rings. The van der Waals surface area contributed by atoms with Crippen LogP contribution in [0.4, 0.5) is 0 Å². The van der Waals surface area contributed by atoms with Gasteiger partial charge in [0.25, 0.3) is 0 Å². The van der Waals surface area contributed by atoms with Gasteiger partial charge in [-0.15, -0.1) is 0 Å². The first-order valence-electron chi connectivity index (χ1n) is 6.26. The van der Waals surface area contributed by atoms with E-state index >= 15 is 0 Å². The molecule has 0 aliphatic carbocycles. The van der Waals surface area contributed by atoms with Crippen LogP contribution >= 0.6 is 0 Å². The Labute approximate surface area is 109 Å². The van der Waals surface area contributed by atoms with E-state index in [1.54, 1.807) is 6.92 Å². The van der Waals surface area contributed by atoms with Gasteiger partial charge in [0.15, 0.2) is 5.75 Å². The zero-order valence-electron chi connectivity index (χ0n) is 11.0. The maximum absolute atomic E-state index is 12.0. The number of carbonyl (C=O) groups excluding carboxylic acids is 1. The van der Waals surface area contributed by atoms with Crippen molar-refractivity contribution in [1.29, 1.82) is 0 Å². The van der Waals surface area contributed by atoms with Crippen molar-refractivity contribution in [2.24, 2.45) is 11.7 Å². The van der Waals surface area contributed by atoms with Crippen LogP contribution in [0.2, 0.25) is 0 Å². The van der Waals surface area contributed by atoms with E-state index in [1.165, 1.54) is 4.31 Å². The zero-order chi connectivity index (χ0) is 13.8. The highest BCUT2D eigenvalue weighted by Crippen LogP contribution is 2.21. The fourth-order valence-electron chi connectivity index (χ4n) is 2.10. The van der Waals surface area contributed by atoms with Crippen LogP contribution in [0.1, 0.15) is 26.7 Å². The van der Waals surface area contributed by atoms with E-state index in [9.17, 15) is 13.2 Å². The zero-order valence-corrected chi connectivity index (χ0v) is 11.8. The molecule has 0 saturated carbocycles. The smallest absolute Gasteiger partial charge is 0.322 e. The van der Waals surface area contributed by atoms with E-state index < -0.39 is 21.7 Å². The Hall–Kier alpha value is -0.660. The Morgan fingerprint density at radius 2 is 2.22 bits per heavy atom. The van der Waals surface area contributed by atoms with Gasteiger partial charge in [-0.25, -0.2) is 12.7 Å². The molecule has 6 nitrogen and oxygen atoms in total. The molecule has 0 spiro atoms. The highest BCUT2D eigenvalue weighted by atomic mass is 32.2. The third-order valence-corrected chi connectivity index (χ3v) is 4.88. The van der Waals surface area contributed by atoms with Crippen molar-refractivity contribution >= 4 is 16.0 Å². The largest absolute Gasteiger partial charge is 0.465 e. The van der Waals surface area contributed by atoms with Crippen molar-refractivity contribution in [2.45, 2.75) is 32.7 Å². The van der Waals surface area contributed by atoms with E-state index in [-0.39, 0.29) is 18.6 Å². The van der Waals surface area contributed by atoms with Gasteiger partial charge >= 0.3 is 5.97 Å². The predicted octanol–water partition coefficient (Wildman–Crippen LogP) is -0.0615. The van der Waals surface area contributed by atoms with Crippen LogP contribution < -0.4 is 5.73 Å². The summed E-state index contributed by atoms with van der Waals surface area (Å²) in [5, 5.41) is 0. The van der Waals surface area contributed by atoms with Crippen LogP contribution in [0, 0.1) is 5.92 Å². The minimum atomic E-state index is -3.57. The number of rotatable bonds is 5. The van der Waals surface area contributed by atoms with Crippen molar-refractivity contribution < 1.29 is 17.9 Å². The third kappa shape index (κ3) is 4.22. The highest BCUT2D eigenvalue weighted by Gasteiger charge is 2.32. The Bertz CT molecular complexity index is 381. The lowest BCUT2D eigenvalue weighted by atomic mass is 9.93. The van der Waals surface area contributed by atoms with E-state index in [2.05, 4.69) is 4.74 Å². The van der Waals surface area contributed by atoms with E-state index in [4.69, 9.17) is 5.73 Å². The molecule has 1 saturated heterocycles. The van der Waals surface area contributed by atoms with Crippen LogP contribution in [0.25, 0.3) is 0 Å². The maximum Gasteiger partial charge on any atom is 0.322 e. The molecule has 2 unspecified atom stereocenters. The monoisotopic (exact) mass is 278 g/mol. The van der Waals surface area contributed by atoms with Gasteiger partial charge < -0.3 is 10.5 Å². The lowest BCUT2D eigenvalue weighted by Gasteiger charge is -2.33. The first-order valence-corrected chi connectivity index (χ1v) is 7.86. The first kappa shape index (κ1) is 15.4. The Morgan fingerprint density at radius 1 is 1.56 bits per heavy atom. The molecule has 0 radical (unpaired) electrons. The Kier molecular flexibility index (Phi) is 5.55. The summed E-state index contributed by atoms with van der Waals surface area (Å²) < 4.78 is 30.1. The average molecular weight is 278 g/mol. The normalized spacial score (nSPS) is 23.6. The van der Waals surface area contributed by atoms with Gasteiger partial charge in [0.1, 0.15) is 0 Å². The number of ether oxygens (including phenoxy) is 1. The summed E-state index contributed by atoms with van der Waals surface area (Å²) >= 11 is 0. The molecule has 0 aromatic rings. The third-order valence-electron chi connectivity index (χ3n) is 3.16. The lowest BCUT2D eigenvalue weighted by molar-refractivity contribution is -0.140. The maximum atomic E-state index is 12.0. The van der Waals surface area contributed by atoms with Gasteiger partial charge in [0.05, 0.1) is 6.61 Å². The molecule has 18 heavy (non-hydrogen) atoms. The molecule has 1 aliphatic rings. The van der Waals surface area contributed by atoms with Gasteiger partial charge in [0.2, 0.25) is 10.0 Å². The number of hydrogen-bond acceptors (Lipinski definition) is 5. The fraction of sp³-hybridized carbons (Fsp3) is 0.909. The summed E-state index contributed by atoms with van der Waals surface area (Å²) in [6.07, 6.45) is 1.72. The Balaban J connectivity index is 2.64. The van der Waals surface area contributed by atoms with Gasteiger partial charge in [0, 0.05) is 19.1 Å². The summed E-state index contributed by atoms with van der Waals surface area (Å²) in [6, 6.07) is -0.0365. The SMILES string of the molecule is CCOC(=O)CS(=O)(=O)N1CCCC(C(C)N)C1. The fourth-order valence-corrected chi connectivity index (χ4v) is 3.49. The van der Waals surface area contributed by atoms with Crippen molar-refractivity contribution in [1.82, 2.24) is 4.31 Å². The Morgan fingerprint density at radius 3 is 2.78 bits per heavy atom. The molecule has 7 heteroatoms. The van der Waals surface area contributed by atoms with Gasteiger partial charge in [-0.2, -0.15) is 0 Å². The van der Waals surface area contributed by atoms with Gasteiger partial charge in [-0.05, 0) is 32.6 Å². The molecule has 1 heterocycles. The number of hydrogen-bond donors (Lipinski definition) is 1. The number of nitrogens with two attached hydrogens (primary N) is 1. The average Bonchev–Trinajstić information content (AvgIpc) is 2.28. The molecular formula is C11H22N2O4S. The van der Waals surface area contributed by atoms with Crippen LogP contribution in [-0.2, 0) is 19.6 Å². The molecule has 0 aromatic carbocycles. The van der Waals surface area contributed by atoms with Gasteiger partial charge in [-0.3, -0.25) is 4.79 Å². The molecule has 0 amide bonds. The van der Waals surface area contributed by atoms with Gasteiger partial charge in [-0.1, -0.05) is 0 Å². The van der Waals surface area contributed by atoms with E-state index in [0.717, 1.165) is 12.8 Å². The molecular weight excluding hydrogens is 256 g/mol. The number of sulfonamides is 1. The molecule has 0 bridgehead atoms. The number of esters is 1. The summed E-state index contributed by atoms with van der Waals surface area (Å²) in [6.45, 7) is 4.59. The van der Waals surface area contributed by atoms with Crippen molar-refractivity contribution in [3.8, 4) is 0 Å². The molecule has 1 aliphatic heterocycles. The molecule has 1 rings (SSSR count).